The van der Waals surface area contributed by atoms with Gasteiger partial charge in [0.05, 0.1) is 23.1 Å². The fraction of sp³-hybridized carbons (Fsp3) is 0.400. The summed E-state index contributed by atoms with van der Waals surface area (Å²) in [5, 5.41) is 22.0. The Morgan fingerprint density at radius 2 is 1.50 bits per heavy atom. The molecule has 2 atom stereocenters. The molecule has 34 heavy (non-hydrogen) atoms. The van der Waals surface area contributed by atoms with E-state index in [0.29, 0.717) is 50.5 Å². The Labute approximate surface area is 205 Å². The predicted octanol–water partition coefficient (Wildman–Crippen LogP) is 4.41. The molecule has 4 aromatic rings. The monoisotopic (exact) mass is 503 g/mol. The minimum absolute atomic E-state index is 0.185. The highest BCUT2D eigenvalue weighted by atomic mass is 32.2. The Balaban J connectivity index is 1.59. The van der Waals surface area contributed by atoms with Crippen molar-refractivity contribution in [2.24, 2.45) is 0 Å². The van der Waals surface area contributed by atoms with Crippen molar-refractivity contribution < 1.29 is 24.1 Å². The molecule has 9 heteroatoms. The summed E-state index contributed by atoms with van der Waals surface area (Å²) in [5.41, 5.74) is 1.38. The number of aromatic amines is 1. The molecule has 0 aliphatic rings. The maximum atomic E-state index is 12.9. The first-order valence-electron chi connectivity index (χ1n) is 11.3. The van der Waals surface area contributed by atoms with Crippen LogP contribution in [0.5, 0.6) is 11.5 Å². The number of fused-ring (bicyclic) bond motifs is 5. The van der Waals surface area contributed by atoms with E-state index in [2.05, 4.69) is 4.98 Å². The van der Waals surface area contributed by atoms with E-state index >= 15 is 0 Å². The molecule has 182 valence electrons. The van der Waals surface area contributed by atoms with Crippen LogP contribution in [-0.4, -0.2) is 63.6 Å². The quantitative estimate of drug-likeness (QED) is 0.261. The Hall–Kier alpha value is -2.33. The summed E-state index contributed by atoms with van der Waals surface area (Å²) in [7, 11) is 0. The molecule has 0 radical (unpaired) electrons. The minimum atomic E-state index is -0.555. The Bertz CT molecular complexity index is 1320. The number of aliphatic hydroxyl groups is 2. The second-order valence-corrected chi connectivity index (χ2v) is 10.5. The molecule has 0 saturated carbocycles. The number of ether oxygens (including phenoxy) is 2. The van der Waals surface area contributed by atoms with Gasteiger partial charge in [-0.1, -0.05) is 13.8 Å². The van der Waals surface area contributed by atoms with E-state index in [-0.39, 0.29) is 18.8 Å². The van der Waals surface area contributed by atoms with Crippen LogP contribution >= 0.6 is 23.5 Å². The summed E-state index contributed by atoms with van der Waals surface area (Å²) in [6.45, 7) is 4.47. The lowest BCUT2D eigenvalue weighted by atomic mass is 10.1. The summed E-state index contributed by atoms with van der Waals surface area (Å²) >= 11 is 3.31. The SMILES string of the molecule is CCSCC(O)COc1ccc2c(c1)[nH]c(=O)c1c3ccc(OCC(O)CSCC)cc3oc21. The molecule has 2 aromatic carbocycles. The summed E-state index contributed by atoms with van der Waals surface area (Å²) in [4.78, 5) is 15.8. The standard InChI is InChI=1S/C25H29NO6S2/c1-3-33-13-15(27)11-30-17-5-7-19-21(9-17)26-25(29)23-20-8-6-18(10-22(20)32-24(19)23)31-12-16(28)14-34-4-2/h5-10,15-16,27-28H,3-4,11-14H2,1-2H3,(H,26,29). The van der Waals surface area contributed by atoms with E-state index in [1.54, 1.807) is 53.9 Å². The number of hydrogen-bond acceptors (Lipinski definition) is 8. The van der Waals surface area contributed by atoms with Crippen molar-refractivity contribution in [1.29, 1.82) is 0 Å². The molecule has 0 saturated heterocycles. The number of aromatic nitrogens is 1. The molecule has 0 spiro atoms. The van der Waals surface area contributed by atoms with E-state index in [0.717, 1.165) is 16.9 Å². The van der Waals surface area contributed by atoms with Crippen LogP contribution in [0.15, 0.2) is 45.6 Å². The molecule has 2 unspecified atom stereocenters. The molecule has 2 heterocycles. The third-order valence-corrected chi connectivity index (χ3v) is 7.34. The molecule has 7 nitrogen and oxygen atoms in total. The topological polar surface area (TPSA) is 105 Å². The van der Waals surface area contributed by atoms with Crippen molar-refractivity contribution in [3.8, 4) is 11.5 Å². The fourth-order valence-electron chi connectivity index (χ4n) is 3.67. The first-order chi connectivity index (χ1) is 16.5. The van der Waals surface area contributed by atoms with Crippen LogP contribution in [0.25, 0.3) is 32.8 Å². The molecule has 0 fully saturated rings. The molecule has 0 aliphatic heterocycles. The minimum Gasteiger partial charge on any atom is -0.491 e. The number of hydrogen-bond donors (Lipinski definition) is 3. The van der Waals surface area contributed by atoms with Gasteiger partial charge in [-0.2, -0.15) is 23.5 Å². The molecular weight excluding hydrogens is 474 g/mol. The Morgan fingerprint density at radius 3 is 2.12 bits per heavy atom. The van der Waals surface area contributed by atoms with E-state index in [1.165, 1.54) is 0 Å². The highest BCUT2D eigenvalue weighted by Gasteiger charge is 2.16. The third-order valence-electron chi connectivity index (χ3n) is 5.29. The van der Waals surface area contributed by atoms with Crippen molar-refractivity contribution in [2.75, 3.05) is 36.2 Å². The van der Waals surface area contributed by atoms with Crippen molar-refractivity contribution in [3.63, 3.8) is 0 Å². The Kier molecular flexibility index (Phi) is 8.31. The molecule has 0 bridgehead atoms. The molecule has 3 N–H and O–H groups in total. The van der Waals surface area contributed by atoms with Gasteiger partial charge in [0, 0.05) is 34.4 Å². The van der Waals surface area contributed by atoms with Crippen LogP contribution in [0.4, 0.5) is 0 Å². The number of thioether (sulfide) groups is 2. The number of rotatable bonds is 12. The van der Waals surface area contributed by atoms with Crippen LogP contribution < -0.4 is 15.0 Å². The van der Waals surface area contributed by atoms with Crippen LogP contribution in [0.3, 0.4) is 0 Å². The van der Waals surface area contributed by atoms with Crippen LogP contribution in [0.1, 0.15) is 13.8 Å². The highest BCUT2D eigenvalue weighted by molar-refractivity contribution is 7.99. The summed E-state index contributed by atoms with van der Waals surface area (Å²) in [5.74, 6) is 4.25. The number of aliphatic hydroxyl groups excluding tert-OH is 2. The van der Waals surface area contributed by atoms with Gasteiger partial charge in [0.1, 0.15) is 35.9 Å². The zero-order valence-electron chi connectivity index (χ0n) is 19.2. The number of benzene rings is 2. The van der Waals surface area contributed by atoms with Gasteiger partial charge in [0.2, 0.25) is 0 Å². The average molecular weight is 504 g/mol. The van der Waals surface area contributed by atoms with Crippen LogP contribution in [0, 0.1) is 0 Å². The van der Waals surface area contributed by atoms with Crippen molar-refractivity contribution >= 4 is 56.4 Å². The normalized spacial score (nSPS) is 13.5. The zero-order valence-corrected chi connectivity index (χ0v) is 20.8. The molecule has 0 amide bonds. The zero-order chi connectivity index (χ0) is 24.1. The van der Waals surface area contributed by atoms with E-state index < -0.39 is 12.2 Å². The lowest BCUT2D eigenvalue weighted by Crippen LogP contribution is -2.20. The number of furan rings is 1. The van der Waals surface area contributed by atoms with Gasteiger partial charge in [-0.15, -0.1) is 0 Å². The lowest BCUT2D eigenvalue weighted by molar-refractivity contribution is 0.126. The Morgan fingerprint density at radius 1 is 0.912 bits per heavy atom. The molecular formula is C25H29NO6S2. The number of pyridine rings is 1. The van der Waals surface area contributed by atoms with Gasteiger partial charge in [0.25, 0.3) is 5.56 Å². The van der Waals surface area contributed by atoms with Gasteiger partial charge in [-0.3, -0.25) is 4.79 Å². The predicted molar refractivity (Wildman–Crippen MR) is 141 cm³/mol. The maximum Gasteiger partial charge on any atom is 0.260 e. The van der Waals surface area contributed by atoms with E-state index in [9.17, 15) is 15.0 Å². The smallest absolute Gasteiger partial charge is 0.260 e. The average Bonchev–Trinajstić information content (AvgIpc) is 3.23. The highest BCUT2D eigenvalue weighted by Crippen LogP contribution is 2.34. The van der Waals surface area contributed by atoms with Crippen molar-refractivity contribution in [1.82, 2.24) is 4.98 Å². The molecule has 0 aliphatic carbocycles. The van der Waals surface area contributed by atoms with Crippen molar-refractivity contribution in [3.05, 3.63) is 46.8 Å². The van der Waals surface area contributed by atoms with Gasteiger partial charge in [-0.25, -0.2) is 0 Å². The number of H-pyrrole nitrogens is 1. The second kappa shape index (κ2) is 11.4. The first-order valence-corrected chi connectivity index (χ1v) is 13.6. The maximum absolute atomic E-state index is 12.9. The van der Waals surface area contributed by atoms with E-state index in [4.69, 9.17) is 13.9 Å². The van der Waals surface area contributed by atoms with Crippen molar-refractivity contribution in [2.45, 2.75) is 26.1 Å². The van der Waals surface area contributed by atoms with Gasteiger partial charge < -0.3 is 29.1 Å². The summed E-state index contributed by atoms with van der Waals surface area (Å²) in [6.07, 6.45) is -1.11. The van der Waals surface area contributed by atoms with Gasteiger partial charge in [0.15, 0.2) is 0 Å². The van der Waals surface area contributed by atoms with Gasteiger partial charge >= 0.3 is 0 Å². The van der Waals surface area contributed by atoms with Gasteiger partial charge in [-0.05, 0) is 35.8 Å². The first kappa shape index (κ1) is 24.8. The van der Waals surface area contributed by atoms with E-state index in [1.807, 2.05) is 19.9 Å². The fourth-order valence-corrected chi connectivity index (χ4v) is 4.88. The second-order valence-electron chi connectivity index (χ2n) is 7.87. The summed E-state index contributed by atoms with van der Waals surface area (Å²) < 4.78 is 17.5. The third kappa shape index (κ3) is 5.66. The number of nitrogens with one attached hydrogen (secondary N) is 1. The molecule has 2 aromatic heterocycles. The largest absolute Gasteiger partial charge is 0.491 e. The van der Waals surface area contributed by atoms with Crippen LogP contribution in [0.2, 0.25) is 0 Å². The molecule has 4 rings (SSSR count). The van der Waals surface area contributed by atoms with Crippen LogP contribution in [-0.2, 0) is 0 Å². The summed E-state index contributed by atoms with van der Waals surface area (Å²) in [6, 6.07) is 10.7. The lowest BCUT2D eigenvalue weighted by Gasteiger charge is -2.12.